The second kappa shape index (κ2) is 5.81. The van der Waals surface area contributed by atoms with Gasteiger partial charge in [-0.2, -0.15) is 0 Å². The number of alkyl halides is 1. The van der Waals surface area contributed by atoms with Crippen LogP contribution in [-0.4, -0.2) is 15.4 Å². The Hall–Kier alpha value is -1.33. The van der Waals surface area contributed by atoms with Gasteiger partial charge in [0, 0.05) is 18.4 Å². The Kier molecular flexibility index (Phi) is 4.04. The lowest BCUT2D eigenvalue weighted by molar-refractivity contribution is 0.469. The third-order valence-corrected chi connectivity index (χ3v) is 4.09. The molecule has 0 saturated heterocycles. The van der Waals surface area contributed by atoms with Crippen molar-refractivity contribution in [3.05, 3.63) is 51.9 Å². The molecule has 21 heavy (non-hydrogen) atoms. The van der Waals surface area contributed by atoms with Crippen molar-refractivity contribution in [2.24, 2.45) is 0 Å². The fourth-order valence-electron chi connectivity index (χ4n) is 2.35. The van der Waals surface area contributed by atoms with E-state index in [0.29, 0.717) is 23.3 Å². The molecule has 0 saturated carbocycles. The molecule has 0 atom stereocenters. The maximum atomic E-state index is 13.8. The summed E-state index contributed by atoms with van der Waals surface area (Å²) in [5, 5.41) is 0. The number of hydrogen-bond donors (Lipinski definition) is 0. The monoisotopic (exact) mass is 370 g/mol. The van der Waals surface area contributed by atoms with Crippen LogP contribution >= 0.6 is 27.5 Å². The third-order valence-electron chi connectivity index (χ3n) is 3.30. The largest absolute Gasteiger partial charge is 0.464 e. The first-order chi connectivity index (χ1) is 10.1. The van der Waals surface area contributed by atoms with E-state index in [4.69, 9.17) is 16.0 Å². The number of aromatic nitrogens is 2. The number of halogens is 3. The fraction of sp³-hybridized carbons (Fsp3) is 0.267. The van der Waals surface area contributed by atoms with E-state index in [-0.39, 0.29) is 5.82 Å². The van der Waals surface area contributed by atoms with Crippen LogP contribution in [0.5, 0.6) is 0 Å². The van der Waals surface area contributed by atoms with E-state index in [2.05, 4.69) is 20.9 Å². The number of fused-ring (bicyclic) bond motifs is 1. The summed E-state index contributed by atoms with van der Waals surface area (Å²) in [7, 11) is 0. The average molecular weight is 372 g/mol. The molecule has 0 unspecified atom stereocenters. The van der Waals surface area contributed by atoms with Crippen LogP contribution in [0.1, 0.15) is 17.3 Å². The maximum Gasteiger partial charge on any atom is 0.139 e. The first-order valence-electron chi connectivity index (χ1n) is 6.54. The van der Waals surface area contributed by atoms with E-state index in [0.717, 1.165) is 28.4 Å². The number of imidazole rings is 1. The van der Waals surface area contributed by atoms with Crippen LogP contribution in [0, 0.1) is 12.7 Å². The van der Waals surface area contributed by atoms with Gasteiger partial charge in [0.1, 0.15) is 23.2 Å². The molecule has 0 amide bonds. The summed E-state index contributed by atoms with van der Waals surface area (Å²) in [5.74, 6) is 2.64. The molecule has 0 spiro atoms. The van der Waals surface area contributed by atoms with Gasteiger partial charge in [0.05, 0.1) is 22.1 Å². The van der Waals surface area contributed by atoms with E-state index in [9.17, 15) is 4.39 Å². The van der Waals surface area contributed by atoms with Crippen molar-refractivity contribution in [1.82, 2.24) is 9.55 Å². The second-order valence-corrected chi connectivity index (χ2v) is 6.05. The molecule has 0 radical (unpaired) electrons. The lowest BCUT2D eigenvalue weighted by atomic mass is 10.3. The van der Waals surface area contributed by atoms with Gasteiger partial charge < -0.3 is 8.98 Å². The van der Waals surface area contributed by atoms with Gasteiger partial charge in [-0.25, -0.2) is 9.37 Å². The van der Waals surface area contributed by atoms with Crippen molar-refractivity contribution >= 4 is 38.6 Å². The van der Waals surface area contributed by atoms with Crippen LogP contribution in [0.4, 0.5) is 4.39 Å². The molecule has 0 bridgehead atoms. The van der Waals surface area contributed by atoms with E-state index < -0.39 is 0 Å². The SMILES string of the molecule is Cc1ccc(Cn2c(CCCl)nc3cc(Br)c(F)cc32)o1. The van der Waals surface area contributed by atoms with Crippen molar-refractivity contribution in [2.45, 2.75) is 19.9 Å². The van der Waals surface area contributed by atoms with Crippen LogP contribution in [0.25, 0.3) is 11.0 Å². The Morgan fingerprint density at radius 1 is 1.38 bits per heavy atom. The van der Waals surface area contributed by atoms with E-state index in [1.807, 2.05) is 23.6 Å². The van der Waals surface area contributed by atoms with Crippen molar-refractivity contribution in [1.29, 1.82) is 0 Å². The molecule has 0 aliphatic heterocycles. The Balaban J connectivity index is 2.12. The molecule has 3 nitrogen and oxygen atoms in total. The highest BCUT2D eigenvalue weighted by Gasteiger charge is 2.14. The van der Waals surface area contributed by atoms with E-state index in [1.54, 1.807) is 6.07 Å². The van der Waals surface area contributed by atoms with Crippen LogP contribution in [0.2, 0.25) is 0 Å². The number of aryl methyl sites for hydroxylation is 2. The van der Waals surface area contributed by atoms with Crippen molar-refractivity contribution in [3.8, 4) is 0 Å². The number of hydrogen-bond acceptors (Lipinski definition) is 2. The molecular weight excluding hydrogens is 359 g/mol. The minimum Gasteiger partial charge on any atom is -0.464 e. The molecule has 0 fully saturated rings. The average Bonchev–Trinajstić information content (AvgIpc) is 2.97. The molecule has 0 N–H and O–H groups in total. The molecule has 2 aromatic heterocycles. The van der Waals surface area contributed by atoms with Crippen molar-refractivity contribution in [2.75, 3.05) is 5.88 Å². The summed E-state index contributed by atoms with van der Waals surface area (Å²) in [4.78, 5) is 4.55. The van der Waals surface area contributed by atoms with Crippen molar-refractivity contribution < 1.29 is 8.81 Å². The summed E-state index contributed by atoms with van der Waals surface area (Å²) in [6, 6.07) is 7.00. The number of nitrogens with zero attached hydrogens (tertiary/aromatic N) is 2. The second-order valence-electron chi connectivity index (χ2n) is 4.82. The molecule has 3 aromatic rings. The van der Waals surface area contributed by atoms with Crippen LogP contribution in [0.15, 0.2) is 33.2 Å². The summed E-state index contributed by atoms with van der Waals surface area (Å²) in [6.07, 6.45) is 0.620. The highest BCUT2D eigenvalue weighted by Crippen LogP contribution is 2.25. The van der Waals surface area contributed by atoms with Gasteiger partial charge in [-0.3, -0.25) is 0 Å². The first kappa shape index (κ1) is 14.6. The zero-order valence-electron chi connectivity index (χ0n) is 11.4. The molecular formula is C15H13BrClFN2O. The Labute approximate surface area is 134 Å². The van der Waals surface area contributed by atoms with Gasteiger partial charge in [0.25, 0.3) is 0 Å². The van der Waals surface area contributed by atoms with Gasteiger partial charge in [-0.15, -0.1) is 11.6 Å². The molecule has 2 heterocycles. The smallest absolute Gasteiger partial charge is 0.139 e. The molecule has 0 aliphatic rings. The fourth-order valence-corrected chi connectivity index (χ4v) is 2.85. The number of furan rings is 1. The quantitative estimate of drug-likeness (QED) is 0.624. The molecule has 110 valence electrons. The van der Waals surface area contributed by atoms with E-state index >= 15 is 0 Å². The molecule has 1 aromatic carbocycles. The number of rotatable bonds is 4. The lowest BCUT2D eigenvalue weighted by Crippen LogP contribution is -2.05. The zero-order chi connectivity index (χ0) is 15.0. The van der Waals surface area contributed by atoms with Crippen LogP contribution in [0.3, 0.4) is 0 Å². The van der Waals surface area contributed by atoms with Crippen LogP contribution < -0.4 is 0 Å². The van der Waals surface area contributed by atoms with Gasteiger partial charge in [0.15, 0.2) is 0 Å². The first-order valence-corrected chi connectivity index (χ1v) is 7.86. The van der Waals surface area contributed by atoms with Gasteiger partial charge in [-0.05, 0) is 41.1 Å². The highest BCUT2D eigenvalue weighted by molar-refractivity contribution is 9.10. The molecule has 6 heteroatoms. The normalized spacial score (nSPS) is 11.4. The molecule has 3 rings (SSSR count). The predicted molar refractivity (Wildman–Crippen MR) is 84.4 cm³/mol. The zero-order valence-corrected chi connectivity index (χ0v) is 13.7. The standard InChI is InChI=1S/C15H13BrClFN2O/c1-9-2-3-10(21-9)8-20-14-7-12(18)11(16)6-13(14)19-15(20)4-5-17/h2-3,6-7H,4-5,8H2,1H3. The third kappa shape index (κ3) is 2.85. The Bertz CT molecular complexity index is 796. The highest BCUT2D eigenvalue weighted by atomic mass is 79.9. The number of benzene rings is 1. The lowest BCUT2D eigenvalue weighted by Gasteiger charge is -2.07. The minimum atomic E-state index is -0.309. The summed E-state index contributed by atoms with van der Waals surface area (Å²) in [5.41, 5.74) is 1.48. The molecule has 0 aliphatic carbocycles. The van der Waals surface area contributed by atoms with Crippen molar-refractivity contribution in [3.63, 3.8) is 0 Å². The summed E-state index contributed by atoms with van der Waals surface area (Å²) >= 11 is 9.04. The maximum absolute atomic E-state index is 13.8. The van der Waals surface area contributed by atoms with E-state index in [1.165, 1.54) is 6.07 Å². The Morgan fingerprint density at radius 2 is 2.19 bits per heavy atom. The Morgan fingerprint density at radius 3 is 2.86 bits per heavy atom. The summed E-state index contributed by atoms with van der Waals surface area (Å²) in [6.45, 7) is 2.41. The predicted octanol–water partition coefficient (Wildman–Crippen LogP) is 4.67. The summed E-state index contributed by atoms with van der Waals surface area (Å²) < 4.78 is 21.8. The minimum absolute atomic E-state index is 0.309. The van der Waals surface area contributed by atoms with Gasteiger partial charge in [0.2, 0.25) is 0 Å². The van der Waals surface area contributed by atoms with Gasteiger partial charge in [-0.1, -0.05) is 0 Å². The van der Waals surface area contributed by atoms with Crippen LogP contribution in [-0.2, 0) is 13.0 Å². The topological polar surface area (TPSA) is 31.0 Å². The van der Waals surface area contributed by atoms with Gasteiger partial charge >= 0.3 is 0 Å².